The number of anilines is 4. The van der Waals surface area contributed by atoms with Gasteiger partial charge in [0.15, 0.2) is 5.60 Å². The molecule has 5 heteroatoms. The summed E-state index contributed by atoms with van der Waals surface area (Å²) in [5.74, 6) is 1.04. The van der Waals surface area contributed by atoms with Crippen LogP contribution >= 0.6 is 0 Å². The molecule has 0 fully saturated rings. The lowest BCUT2D eigenvalue weighted by Crippen LogP contribution is -2.33. The first-order chi connectivity index (χ1) is 22.8. The van der Waals surface area contributed by atoms with Crippen LogP contribution in [0.3, 0.4) is 0 Å². The van der Waals surface area contributed by atoms with E-state index in [4.69, 9.17) is 9.47 Å². The van der Waals surface area contributed by atoms with Crippen LogP contribution in [0.1, 0.15) is 82.6 Å². The van der Waals surface area contributed by atoms with Gasteiger partial charge in [-0.1, -0.05) is 63.2 Å². The fraction of sp³-hybridized carbons (Fsp3) is 0.262. The molecule has 5 aromatic carbocycles. The molecule has 0 bridgehead atoms. The van der Waals surface area contributed by atoms with E-state index in [2.05, 4.69) is 118 Å². The van der Waals surface area contributed by atoms with E-state index in [-0.39, 0.29) is 5.97 Å². The average molecular weight is 623 g/mol. The summed E-state index contributed by atoms with van der Waals surface area (Å²) in [6.45, 7) is 13.8. The number of hydrogen-bond donors (Lipinski definition) is 1. The van der Waals surface area contributed by atoms with Gasteiger partial charge in [0.05, 0.1) is 5.56 Å². The van der Waals surface area contributed by atoms with Crippen molar-refractivity contribution in [2.24, 2.45) is 0 Å². The molecule has 1 atom stereocenters. The number of aryl methyl sites for hydroxylation is 3. The zero-order valence-corrected chi connectivity index (χ0v) is 28.2. The summed E-state index contributed by atoms with van der Waals surface area (Å²) in [4.78, 5) is 15.9. The smallest absolute Gasteiger partial charge is 0.340 e. The number of benzene rings is 5. The lowest BCUT2D eigenvalue weighted by atomic mass is 9.77. The molecule has 1 unspecified atom stereocenters. The SMILES string of the molecule is CCc1ccc(Nc2cc3c(cc2C)Oc2cc(N(CC)c4ccccc4C)ccc2C32OC(=O)c3ccccc32)c(CC)c1CC. The molecular formula is C42H42N2O3. The number of rotatable bonds is 8. The first-order valence-electron chi connectivity index (χ1n) is 16.9. The van der Waals surface area contributed by atoms with E-state index < -0.39 is 5.60 Å². The van der Waals surface area contributed by atoms with Crippen molar-refractivity contribution >= 4 is 28.7 Å². The lowest BCUT2D eigenvalue weighted by molar-refractivity contribution is 0.0224. The molecule has 0 saturated carbocycles. The number of esters is 1. The van der Waals surface area contributed by atoms with Crippen LogP contribution in [0, 0.1) is 13.8 Å². The molecule has 2 aliphatic rings. The summed E-state index contributed by atoms with van der Waals surface area (Å²) in [5.41, 5.74) is 12.6. The van der Waals surface area contributed by atoms with Gasteiger partial charge in [-0.2, -0.15) is 0 Å². The highest BCUT2D eigenvalue weighted by Gasteiger charge is 2.53. The van der Waals surface area contributed by atoms with E-state index in [1.54, 1.807) is 0 Å². The van der Waals surface area contributed by atoms with Crippen molar-refractivity contribution in [2.45, 2.75) is 66.4 Å². The van der Waals surface area contributed by atoms with Gasteiger partial charge < -0.3 is 19.7 Å². The topological polar surface area (TPSA) is 50.8 Å². The van der Waals surface area contributed by atoms with Crippen molar-refractivity contribution in [1.82, 2.24) is 0 Å². The minimum atomic E-state index is -1.15. The van der Waals surface area contributed by atoms with Crippen molar-refractivity contribution in [1.29, 1.82) is 0 Å². The number of nitrogens with one attached hydrogen (secondary N) is 1. The maximum Gasteiger partial charge on any atom is 0.340 e. The summed E-state index contributed by atoms with van der Waals surface area (Å²) in [6, 6.07) is 31.1. The third kappa shape index (κ3) is 4.79. The highest BCUT2D eigenvalue weighted by molar-refractivity contribution is 5.97. The Labute approximate surface area is 278 Å². The van der Waals surface area contributed by atoms with Gasteiger partial charge in [-0.25, -0.2) is 4.79 Å². The molecule has 1 N–H and O–H groups in total. The van der Waals surface area contributed by atoms with E-state index in [0.29, 0.717) is 17.1 Å². The molecule has 0 aliphatic carbocycles. The molecule has 47 heavy (non-hydrogen) atoms. The molecule has 238 valence electrons. The maximum atomic E-state index is 13.6. The van der Waals surface area contributed by atoms with Crippen LogP contribution in [0.15, 0.2) is 91.0 Å². The van der Waals surface area contributed by atoms with Crippen molar-refractivity contribution < 1.29 is 14.3 Å². The number of carbonyl (C=O) groups is 1. The van der Waals surface area contributed by atoms with Gasteiger partial charge in [-0.15, -0.1) is 0 Å². The third-order valence-electron chi connectivity index (χ3n) is 9.96. The second kappa shape index (κ2) is 12.0. The van der Waals surface area contributed by atoms with E-state index >= 15 is 0 Å². The second-order valence-corrected chi connectivity index (χ2v) is 12.5. The number of nitrogens with zero attached hydrogens (tertiary/aromatic N) is 1. The van der Waals surface area contributed by atoms with Crippen molar-refractivity contribution in [3.05, 3.63) is 141 Å². The molecule has 0 saturated heterocycles. The van der Waals surface area contributed by atoms with Gasteiger partial charge in [0.2, 0.25) is 0 Å². The Balaban J connectivity index is 1.40. The molecule has 0 amide bonds. The minimum Gasteiger partial charge on any atom is -0.456 e. The van der Waals surface area contributed by atoms with Crippen molar-refractivity contribution in [2.75, 3.05) is 16.8 Å². The Morgan fingerprint density at radius 3 is 2.17 bits per heavy atom. The highest BCUT2D eigenvalue weighted by atomic mass is 16.6. The van der Waals surface area contributed by atoms with Crippen LogP contribution < -0.4 is 15.0 Å². The monoisotopic (exact) mass is 622 g/mol. The Hall–Kier alpha value is -5.03. The predicted octanol–water partition coefficient (Wildman–Crippen LogP) is 10.5. The number of ether oxygens (including phenoxy) is 2. The fourth-order valence-electron chi connectivity index (χ4n) is 7.65. The lowest BCUT2D eigenvalue weighted by Gasteiger charge is -2.38. The van der Waals surface area contributed by atoms with Crippen LogP contribution in [0.5, 0.6) is 11.5 Å². The van der Waals surface area contributed by atoms with Crippen LogP contribution in [0.4, 0.5) is 22.7 Å². The average Bonchev–Trinajstić information content (AvgIpc) is 3.38. The van der Waals surface area contributed by atoms with Crippen molar-refractivity contribution in [3.8, 4) is 11.5 Å². The summed E-state index contributed by atoms with van der Waals surface area (Å²) in [7, 11) is 0. The Morgan fingerprint density at radius 2 is 1.43 bits per heavy atom. The molecular weight excluding hydrogens is 580 g/mol. The zero-order valence-electron chi connectivity index (χ0n) is 28.2. The molecule has 0 aromatic heterocycles. The summed E-state index contributed by atoms with van der Waals surface area (Å²) in [6.07, 6.45) is 2.95. The van der Waals surface area contributed by atoms with Gasteiger partial charge in [0, 0.05) is 52.1 Å². The molecule has 1 spiro atoms. The molecule has 7 rings (SSSR count). The Bertz CT molecular complexity index is 2030. The second-order valence-electron chi connectivity index (χ2n) is 12.5. The molecule has 5 nitrogen and oxygen atoms in total. The number of carbonyl (C=O) groups excluding carboxylic acids is 1. The zero-order chi connectivity index (χ0) is 32.9. The van der Waals surface area contributed by atoms with E-state index in [0.717, 1.165) is 70.8 Å². The maximum absolute atomic E-state index is 13.6. The highest BCUT2D eigenvalue weighted by Crippen LogP contribution is 2.57. The van der Waals surface area contributed by atoms with Gasteiger partial charge in [-0.3, -0.25) is 0 Å². The Kier molecular flexibility index (Phi) is 7.79. The first kappa shape index (κ1) is 30.6. The summed E-state index contributed by atoms with van der Waals surface area (Å²) < 4.78 is 13.3. The number of para-hydroxylation sites is 1. The van der Waals surface area contributed by atoms with Gasteiger partial charge >= 0.3 is 5.97 Å². The first-order valence-corrected chi connectivity index (χ1v) is 16.9. The molecule has 2 heterocycles. The largest absolute Gasteiger partial charge is 0.456 e. The van der Waals surface area contributed by atoms with Crippen LogP contribution in [0.25, 0.3) is 0 Å². The van der Waals surface area contributed by atoms with Gasteiger partial charge in [-0.05, 0) is 110 Å². The number of hydrogen-bond acceptors (Lipinski definition) is 5. The van der Waals surface area contributed by atoms with Gasteiger partial charge in [0.1, 0.15) is 11.5 Å². The predicted molar refractivity (Wildman–Crippen MR) is 191 cm³/mol. The van der Waals surface area contributed by atoms with E-state index in [9.17, 15) is 4.79 Å². The minimum absolute atomic E-state index is 0.329. The summed E-state index contributed by atoms with van der Waals surface area (Å²) >= 11 is 0. The van der Waals surface area contributed by atoms with Crippen LogP contribution in [0.2, 0.25) is 0 Å². The molecule has 2 aliphatic heterocycles. The molecule has 5 aromatic rings. The van der Waals surface area contributed by atoms with Crippen LogP contribution in [-0.2, 0) is 29.6 Å². The van der Waals surface area contributed by atoms with Gasteiger partial charge in [0.25, 0.3) is 0 Å². The standard InChI is InChI=1S/C42H42N2O3/c1-7-28-19-22-36(31(9-3)30(28)8-2)43-37-25-35-39(23-27(37)6)46-40-24-29(44(10-4)38-18-14-11-15-26(38)5)20-21-34(40)42(35)33-17-13-12-16-32(33)41(45)47-42/h11-25,43H,7-10H2,1-6H3. The van der Waals surface area contributed by atoms with E-state index in [1.165, 1.54) is 22.3 Å². The van der Waals surface area contributed by atoms with Crippen LogP contribution in [-0.4, -0.2) is 12.5 Å². The summed E-state index contributed by atoms with van der Waals surface area (Å²) in [5, 5.41) is 3.79. The Morgan fingerprint density at radius 1 is 0.681 bits per heavy atom. The quantitative estimate of drug-likeness (QED) is 0.175. The fourth-order valence-corrected chi connectivity index (χ4v) is 7.65. The molecule has 0 radical (unpaired) electrons. The normalized spacial score (nSPS) is 15.8. The van der Waals surface area contributed by atoms with Crippen molar-refractivity contribution in [3.63, 3.8) is 0 Å². The third-order valence-corrected chi connectivity index (χ3v) is 9.96. The number of fused-ring (bicyclic) bond motifs is 6. The van der Waals surface area contributed by atoms with E-state index in [1.807, 2.05) is 24.3 Å².